The first-order chi connectivity index (χ1) is 19.1. The third-order valence-electron chi connectivity index (χ3n) is 7.69. The maximum Gasteiger partial charge on any atom is 0.295 e. The van der Waals surface area contributed by atoms with Gasteiger partial charge in [0, 0.05) is 37.0 Å². The van der Waals surface area contributed by atoms with Gasteiger partial charge in [0.05, 0.1) is 18.4 Å². The van der Waals surface area contributed by atoms with Gasteiger partial charge in [0.15, 0.2) is 14.7 Å². The first-order valence-electron chi connectivity index (χ1n) is 13.7. The number of hydrogen-bond acceptors (Lipinski definition) is 8. The SMILES string of the molecule is CCCCc1nc(=O)c(S(=O)(=O)C2CCN(c3ccnc(F)c3C)CC2)c(O)n1[C@@H](CC)c1cccc(OC)c1. The molecule has 9 nitrogen and oxygen atoms in total. The second-order valence-electron chi connectivity index (χ2n) is 10.1. The molecule has 0 radical (unpaired) electrons. The highest BCUT2D eigenvalue weighted by Gasteiger charge is 2.38. The van der Waals surface area contributed by atoms with Crippen LogP contribution in [0.1, 0.15) is 68.9 Å². The number of methoxy groups -OCH3 is 1. The molecule has 40 heavy (non-hydrogen) atoms. The molecule has 1 atom stereocenters. The molecule has 1 aromatic carbocycles. The zero-order valence-electron chi connectivity index (χ0n) is 23.4. The van der Waals surface area contributed by atoms with E-state index in [1.165, 1.54) is 10.8 Å². The second-order valence-corrected chi connectivity index (χ2v) is 12.3. The molecule has 1 saturated heterocycles. The molecule has 0 spiro atoms. The number of ether oxygens (including phenoxy) is 1. The number of sulfone groups is 1. The Morgan fingerprint density at radius 3 is 2.58 bits per heavy atom. The molecule has 216 valence electrons. The summed E-state index contributed by atoms with van der Waals surface area (Å²) in [6, 6.07) is 8.60. The Morgan fingerprint density at radius 2 is 1.93 bits per heavy atom. The average molecular weight is 573 g/mol. The van der Waals surface area contributed by atoms with E-state index in [9.17, 15) is 22.7 Å². The molecule has 0 bridgehead atoms. The molecule has 0 amide bonds. The summed E-state index contributed by atoms with van der Waals surface area (Å²) < 4.78 is 48.7. The number of anilines is 1. The van der Waals surface area contributed by atoms with Gasteiger partial charge in [-0.2, -0.15) is 9.37 Å². The van der Waals surface area contributed by atoms with Gasteiger partial charge in [-0.25, -0.2) is 13.4 Å². The Morgan fingerprint density at radius 1 is 1.20 bits per heavy atom. The van der Waals surface area contributed by atoms with Crippen molar-refractivity contribution in [3.8, 4) is 11.6 Å². The van der Waals surface area contributed by atoms with Crippen LogP contribution in [0.25, 0.3) is 0 Å². The first-order valence-corrected chi connectivity index (χ1v) is 15.3. The summed E-state index contributed by atoms with van der Waals surface area (Å²) in [6.07, 6.45) is 4.32. The van der Waals surface area contributed by atoms with Crippen LogP contribution in [0.5, 0.6) is 11.6 Å². The lowest BCUT2D eigenvalue weighted by molar-refractivity contribution is 0.356. The van der Waals surface area contributed by atoms with Gasteiger partial charge in [0.2, 0.25) is 11.8 Å². The summed E-state index contributed by atoms with van der Waals surface area (Å²) in [6.45, 7) is 6.28. The summed E-state index contributed by atoms with van der Waals surface area (Å²) in [4.78, 5) is 22.4. The predicted molar refractivity (Wildman–Crippen MR) is 152 cm³/mol. The maximum absolute atomic E-state index is 14.0. The monoisotopic (exact) mass is 572 g/mol. The van der Waals surface area contributed by atoms with Crippen LogP contribution in [0.15, 0.2) is 46.2 Å². The molecule has 1 fully saturated rings. The van der Waals surface area contributed by atoms with Crippen LogP contribution in [0, 0.1) is 12.9 Å². The molecule has 3 aromatic rings. The molecule has 4 rings (SSSR count). The number of aryl methyl sites for hydroxylation is 1. The minimum Gasteiger partial charge on any atom is -0.497 e. The van der Waals surface area contributed by atoms with E-state index in [4.69, 9.17) is 4.74 Å². The molecule has 3 heterocycles. The minimum atomic E-state index is -4.23. The minimum absolute atomic E-state index is 0.218. The maximum atomic E-state index is 14.0. The quantitative estimate of drug-likeness (QED) is 0.351. The summed E-state index contributed by atoms with van der Waals surface area (Å²) >= 11 is 0. The lowest BCUT2D eigenvalue weighted by Crippen LogP contribution is -2.41. The molecule has 0 aliphatic carbocycles. The Balaban J connectivity index is 1.74. The van der Waals surface area contributed by atoms with Crippen LogP contribution in [0.4, 0.5) is 10.1 Å². The number of nitrogens with zero attached hydrogens (tertiary/aromatic N) is 4. The van der Waals surface area contributed by atoms with Gasteiger partial charge in [-0.1, -0.05) is 32.4 Å². The highest BCUT2D eigenvalue weighted by Crippen LogP contribution is 2.35. The summed E-state index contributed by atoms with van der Waals surface area (Å²) in [5.74, 6) is -0.157. The predicted octanol–water partition coefficient (Wildman–Crippen LogP) is 4.58. The molecule has 1 aliphatic rings. The van der Waals surface area contributed by atoms with Crippen LogP contribution in [0.2, 0.25) is 0 Å². The smallest absolute Gasteiger partial charge is 0.295 e. The molecular formula is C29H37FN4O5S. The van der Waals surface area contributed by atoms with Crippen LogP contribution in [-0.2, 0) is 16.3 Å². The fraction of sp³-hybridized carbons (Fsp3) is 0.483. The van der Waals surface area contributed by atoms with Gasteiger partial charge in [-0.3, -0.25) is 9.36 Å². The number of aromatic hydroxyl groups is 1. The van der Waals surface area contributed by atoms with Crippen LogP contribution < -0.4 is 15.2 Å². The van der Waals surface area contributed by atoms with Crippen molar-refractivity contribution in [2.45, 2.75) is 75.5 Å². The van der Waals surface area contributed by atoms with Gasteiger partial charge < -0.3 is 14.7 Å². The number of piperidine rings is 1. The van der Waals surface area contributed by atoms with Crippen molar-refractivity contribution in [2.75, 3.05) is 25.1 Å². The van der Waals surface area contributed by atoms with Gasteiger partial charge in [0.25, 0.3) is 5.56 Å². The lowest BCUT2D eigenvalue weighted by atomic mass is 10.0. The second kappa shape index (κ2) is 12.4. The number of rotatable bonds is 10. The van der Waals surface area contributed by atoms with E-state index in [1.807, 2.05) is 43.0 Å². The number of pyridine rings is 1. The molecule has 0 unspecified atom stereocenters. The number of aromatic nitrogens is 3. The Kier molecular flexibility index (Phi) is 9.12. The molecular weight excluding hydrogens is 535 g/mol. The van der Waals surface area contributed by atoms with E-state index in [2.05, 4.69) is 9.97 Å². The summed E-state index contributed by atoms with van der Waals surface area (Å²) in [5.41, 5.74) is 0.936. The topological polar surface area (TPSA) is 115 Å². The van der Waals surface area contributed by atoms with Crippen molar-refractivity contribution in [3.63, 3.8) is 0 Å². The van der Waals surface area contributed by atoms with Gasteiger partial charge in [-0.05, 0) is 56.4 Å². The number of halogens is 1. The van der Waals surface area contributed by atoms with E-state index in [1.54, 1.807) is 20.1 Å². The number of benzene rings is 1. The molecule has 1 N–H and O–H groups in total. The van der Waals surface area contributed by atoms with Crippen molar-refractivity contribution in [1.29, 1.82) is 0 Å². The van der Waals surface area contributed by atoms with Crippen molar-refractivity contribution < 1.29 is 22.7 Å². The van der Waals surface area contributed by atoms with Crippen LogP contribution in [-0.4, -0.2) is 53.5 Å². The van der Waals surface area contributed by atoms with E-state index >= 15 is 0 Å². The van der Waals surface area contributed by atoms with Gasteiger partial charge in [0.1, 0.15) is 11.6 Å². The largest absolute Gasteiger partial charge is 0.497 e. The Hall–Kier alpha value is -3.47. The fourth-order valence-electron chi connectivity index (χ4n) is 5.47. The summed E-state index contributed by atoms with van der Waals surface area (Å²) in [7, 11) is -2.66. The lowest BCUT2D eigenvalue weighted by Gasteiger charge is -2.34. The Labute approximate surface area is 234 Å². The van der Waals surface area contributed by atoms with Crippen molar-refractivity contribution in [2.24, 2.45) is 0 Å². The van der Waals surface area contributed by atoms with Gasteiger partial charge in [-0.15, -0.1) is 0 Å². The van der Waals surface area contributed by atoms with Crippen molar-refractivity contribution in [1.82, 2.24) is 14.5 Å². The van der Waals surface area contributed by atoms with Crippen molar-refractivity contribution >= 4 is 15.5 Å². The van der Waals surface area contributed by atoms with Crippen LogP contribution in [0.3, 0.4) is 0 Å². The van der Waals surface area contributed by atoms with Crippen molar-refractivity contribution in [3.05, 3.63) is 69.8 Å². The normalized spacial score (nSPS) is 15.3. The fourth-order valence-corrected chi connectivity index (χ4v) is 7.28. The standard InChI is InChI=1S/C29H37FN4O5S/c1-5-7-11-25-32-28(35)26(29(36)34(25)23(6-2)20-9-8-10-21(18-20)39-4)40(37,38)22-13-16-33(17-14-22)24-12-15-31-27(30)19(24)3/h8-10,12,15,18,22-23,36H,5-7,11,13-14,16-17H2,1-4H3/t23-/m0/s1. The zero-order chi connectivity index (χ0) is 29.0. The molecule has 2 aromatic heterocycles. The van der Waals surface area contributed by atoms with Gasteiger partial charge >= 0.3 is 0 Å². The van der Waals surface area contributed by atoms with E-state index in [-0.39, 0.29) is 12.8 Å². The molecule has 1 aliphatic heterocycles. The molecule has 0 saturated carbocycles. The van der Waals surface area contributed by atoms with Crippen LogP contribution >= 0.6 is 0 Å². The Bertz CT molecular complexity index is 1520. The summed E-state index contributed by atoms with van der Waals surface area (Å²) in [5, 5.41) is 10.7. The third-order valence-corrected chi connectivity index (χ3v) is 9.96. The van der Waals surface area contributed by atoms with E-state index in [0.29, 0.717) is 48.8 Å². The van der Waals surface area contributed by atoms with E-state index in [0.717, 1.165) is 18.4 Å². The highest BCUT2D eigenvalue weighted by molar-refractivity contribution is 7.92. The third kappa shape index (κ3) is 5.70. The highest BCUT2D eigenvalue weighted by atomic mass is 32.2. The zero-order valence-corrected chi connectivity index (χ0v) is 24.2. The van der Waals surface area contributed by atoms with E-state index < -0.39 is 43.4 Å². The number of hydrogen-bond donors (Lipinski definition) is 1. The first kappa shape index (κ1) is 29.5. The number of unbranched alkanes of at least 4 members (excludes halogenated alkanes) is 1. The average Bonchev–Trinajstić information content (AvgIpc) is 2.95. The molecule has 11 heteroatoms.